The fraction of sp³-hybridized carbons (Fsp3) is 0.214. The maximum absolute atomic E-state index is 11.3. The van der Waals surface area contributed by atoms with Gasteiger partial charge in [0.15, 0.2) is 0 Å². The molecule has 110 valence electrons. The molecule has 0 saturated heterocycles. The third kappa shape index (κ3) is 3.82. The third-order valence-electron chi connectivity index (χ3n) is 2.68. The molecule has 1 aromatic heterocycles. The number of hydrogen-bond acceptors (Lipinski definition) is 6. The van der Waals surface area contributed by atoms with E-state index in [-0.39, 0.29) is 11.5 Å². The molecule has 2 rings (SSSR count). The Bertz CT molecular complexity index is 710. The van der Waals surface area contributed by atoms with Crippen LogP contribution in [0.4, 0.5) is 5.95 Å². The van der Waals surface area contributed by atoms with Crippen LogP contribution in [0, 0.1) is 6.92 Å². The normalized spacial score (nSPS) is 10.6. The summed E-state index contributed by atoms with van der Waals surface area (Å²) in [6.07, 6.45) is 1.57. The maximum atomic E-state index is 11.3. The highest BCUT2D eigenvalue weighted by molar-refractivity contribution is 5.84. The Morgan fingerprint density at radius 1 is 1.29 bits per heavy atom. The van der Waals surface area contributed by atoms with Crippen molar-refractivity contribution in [3.8, 4) is 11.5 Å². The molecule has 0 aliphatic rings. The lowest BCUT2D eigenvalue weighted by Crippen LogP contribution is -2.10. The van der Waals surface area contributed by atoms with Crippen LogP contribution in [0.5, 0.6) is 11.5 Å². The van der Waals surface area contributed by atoms with Crippen molar-refractivity contribution in [2.24, 2.45) is 5.10 Å². The molecule has 0 aliphatic heterocycles. The fourth-order valence-corrected chi connectivity index (χ4v) is 1.72. The van der Waals surface area contributed by atoms with Gasteiger partial charge in [0.25, 0.3) is 5.56 Å². The van der Waals surface area contributed by atoms with Crippen molar-refractivity contribution in [1.82, 2.24) is 9.97 Å². The van der Waals surface area contributed by atoms with Crippen molar-refractivity contribution >= 4 is 12.2 Å². The van der Waals surface area contributed by atoms with E-state index in [1.54, 1.807) is 39.5 Å². The first-order valence-corrected chi connectivity index (χ1v) is 6.21. The number of rotatable bonds is 5. The van der Waals surface area contributed by atoms with Gasteiger partial charge in [-0.3, -0.25) is 9.78 Å². The van der Waals surface area contributed by atoms with Crippen molar-refractivity contribution in [3.05, 3.63) is 45.9 Å². The third-order valence-corrected chi connectivity index (χ3v) is 2.68. The molecule has 0 amide bonds. The minimum absolute atomic E-state index is 0.234. The molecule has 7 heteroatoms. The zero-order valence-electron chi connectivity index (χ0n) is 12.0. The summed E-state index contributed by atoms with van der Waals surface area (Å²) in [5.41, 5.74) is 3.81. The second kappa shape index (κ2) is 6.56. The number of ether oxygens (including phenoxy) is 2. The number of nitrogens with zero attached hydrogens (tertiary/aromatic N) is 2. The minimum Gasteiger partial charge on any atom is -0.497 e. The van der Waals surface area contributed by atoms with Crippen LogP contribution in [-0.2, 0) is 0 Å². The first-order valence-electron chi connectivity index (χ1n) is 6.21. The predicted octanol–water partition coefficient (Wildman–Crippen LogP) is 1.54. The molecule has 2 N–H and O–H groups in total. The summed E-state index contributed by atoms with van der Waals surface area (Å²) >= 11 is 0. The SMILES string of the molecule is COc1ccc(/C=N\Nc2nc(C)cc(=O)[nH]2)c(OC)c1. The van der Waals surface area contributed by atoms with Gasteiger partial charge in [-0.15, -0.1) is 0 Å². The second-order valence-electron chi connectivity index (χ2n) is 4.21. The van der Waals surface area contributed by atoms with Crippen molar-refractivity contribution in [1.29, 1.82) is 0 Å². The first-order chi connectivity index (χ1) is 10.1. The topological polar surface area (TPSA) is 88.6 Å². The van der Waals surface area contributed by atoms with E-state index in [0.717, 1.165) is 5.56 Å². The molecule has 1 heterocycles. The van der Waals surface area contributed by atoms with Gasteiger partial charge in [-0.1, -0.05) is 0 Å². The van der Waals surface area contributed by atoms with Gasteiger partial charge in [-0.25, -0.2) is 10.4 Å². The molecule has 1 aromatic carbocycles. The summed E-state index contributed by atoms with van der Waals surface area (Å²) < 4.78 is 10.4. The smallest absolute Gasteiger partial charge is 0.252 e. The Balaban J connectivity index is 2.16. The molecule has 0 fully saturated rings. The molecule has 7 nitrogen and oxygen atoms in total. The molecule has 0 aliphatic carbocycles. The van der Waals surface area contributed by atoms with Gasteiger partial charge >= 0.3 is 0 Å². The summed E-state index contributed by atoms with van der Waals surface area (Å²) in [7, 11) is 3.16. The van der Waals surface area contributed by atoms with Crippen LogP contribution >= 0.6 is 0 Å². The van der Waals surface area contributed by atoms with Crippen molar-refractivity contribution in [2.45, 2.75) is 6.92 Å². The van der Waals surface area contributed by atoms with E-state index in [4.69, 9.17) is 9.47 Å². The quantitative estimate of drug-likeness (QED) is 0.643. The number of benzene rings is 1. The Morgan fingerprint density at radius 2 is 2.10 bits per heavy atom. The number of nitrogens with one attached hydrogen (secondary N) is 2. The summed E-state index contributed by atoms with van der Waals surface area (Å²) in [6, 6.07) is 6.78. The zero-order valence-corrected chi connectivity index (χ0v) is 12.0. The zero-order chi connectivity index (χ0) is 15.2. The highest BCUT2D eigenvalue weighted by Gasteiger charge is 2.02. The lowest BCUT2D eigenvalue weighted by atomic mass is 10.2. The van der Waals surface area contributed by atoms with Crippen molar-refractivity contribution < 1.29 is 9.47 Å². The number of hydrogen-bond donors (Lipinski definition) is 2. The lowest BCUT2D eigenvalue weighted by molar-refractivity contribution is 0.394. The molecule has 0 spiro atoms. The monoisotopic (exact) mass is 288 g/mol. The molecular weight excluding hydrogens is 272 g/mol. The number of aromatic amines is 1. The van der Waals surface area contributed by atoms with E-state index in [0.29, 0.717) is 17.2 Å². The van der Waals surface area contributed by atoms with E-state index >= 15 is 0 Å². The first kappa shape index (κ1) is 14.6. The molecule has 0 atom stereocenters. The highest BCUT2D eigenvalue weighted by atomic mass is 16.5. The van der Waals surface area contributed by atoms with Gasteiger partial charge in [-0.2, -0.15) is 5.10 Å². The summed E-state index contributed by atoms with van der Waals surface area (Å²) in [4.78, 5) is 17.9. The average molecular weight is 288 g/mol. The van der Waals surface area contributed by atoms with E-state index in [1.165, 1.54) is 6.07 Å². The molecule has 21 heavy (non-hydrogen) atoms. The van der Waals surface area contributed by atoms with Crippen molar-refractivity contribution in [2.75, 3.05) is 19.6 Å². The minimum atomic E-state index is -0.234. The average Bonchev–Trinajstić information content (AvgIpc) is 2.46. The van der Waals surface area contributed by atoms with Gasteiger partial charge in [0, 0.05) is 23.4 Å². The molecule has 2 aromatic rings. The van der Waals surface area contributed by atoms with Gasteiger partial charge < -0.3 is 9.47 Å². The molecular formula is C14H16N4O3. The molecule has 0 unspecified atom stereocenters. The molecule has 0 radical (unpaired) electrons. The standard InChI is InChI=1S/C14H16N4O3/c1-9-6-13(19)17-14(16-9)18-15-8-10-4-5-11(20-2)7-12(10)21-3/h4-8H,1-3H3,(H2,16,17,18,19)/b15-8-. The summed E-state index contributed by atoms with van der Waals surface area (Å²) in [5.74, 6) is 1.61. The maximum Gasteiger partial charge on any atom is 0.252 e. The van der Waals surface area contributed by atoms with Gasteiger partial charge in [0.1, 0.15) is 11.5 Å². The van der Waals surface area contributed by atoms with Crippen LogP contribution in [0.1, 0.15) is 11.3 Å². The molecule has 0 saturated carbocycles. The molecule has 0 bridgehead atoms. The van der Waals surface area contributed by atoms with E-state index in [1.807, 2.05) is 6.07 Å². The summed E-state index contributed by atoms with van der Waals surface area (Å²) in [6.45, 7) is 1.73. The van der Waals surface area contributed by atoms with Crippen LogP contribution in [0.25, 0.3) is 0 Å². The van der Waals surface area contributed by atoms with E-state index < -0.39 is 0 Å². The van der Waals surface area contributed by atoms with Crippen LogP contribution < -0.4 is 20.5 Å². The predicted molar refractivity (Wildman–Crippen MR) is 80.4 cm³/mol. The number of anilines is 1. The Hall–Kier alpha value is -2.83. The second-order valence-corrected chi connectivity index (χ2v) is 4.21. The van der Waals surface area contributed by atoms with E-state index in [9.17, 15) is 4.79 Å². The number of aromatic nitrogens is 2. The van der Waals surface area contributed by atoms with Gasteiger partial charge in [0.05, 0.1) is 20.4 Å². The van der Waals surface area contributed by atoms with Gasteiger partial charge in [0.2, 0.25) is 5.95 Å². The number of methoxy groups -OCH3 is 2. The lowest BCUT2D eigenvalue weighted by Gasteiger charge is -2.07. The van der Waals surface area contributed by atoms with Crippen LogP contribution in [-0.4, -0.2) is 30.4 Å². The number of H-pyrrole nitrogens is 1. The van der Waals surface area contributed by atoms with Crippen LogP contribution in [0.2, 0.25) is 0 Å². The van der Waals surface area contributed by atoms with Crippen molar-refractivity contribution in [3.63, 3.8) is 0 Å². The number of hydrazone groups is 1. The van der Waals surface area contributed by atoms with Crippen LogP contribution in [0.15, 0.2) is 34.2 Å². The van der Waals surface area contributed by atoms with Gasteiger partial charge in [-0.05, 0) is 19.1 Å². The Kier molecular flexibility index (Phi) is 4.55. The van der Waals surface area contributed by atoms with Crippen LogP contribution in [0.3, 0.4) is 0 Å². The number of aryl methyl sites for hydroxylation is 1. The Morgan fingerprint density at radius 3 is 2.76 bits per heavy atom. The largest absolute Gasteiger partial charge is 0.497 e. The summed E-state index contributed by atoms with van der Waals surface area (Å²) in [5, 5.41) is 4.03. The Labute approximate surface area is 121 Å². The van der Waals surface area contributed by atoms with E-state index in [2.05, 4.69) is 20.5 Å². The highest BCUT2D eigenvalue weighted by Crippen LogP contribution is 2.23. The fourth-order valence-electron chi connectivity index (χ4n) is 1.72.